The molecule has 0 aliphatic heterocycles. The second kappa shape index (κ2) is 6.58. The average Bonchev–Trinajstić information content (AvgIpc) is 2.83. The summed E-state index contributed by atoms with van der Waals surface area (Å²) in [6.45, 7) is 3.57. The molecule has 5 heteroatoms. The SMILES string of the molecule is Cc1nccn1CCNC(=O)CNc1ccccc1. The number of imidazole rings is 1. The number of nitrogens with zero attached hydrogens (tertiary/aromatic N) is 2. The normalized spacial score (nSPS) is 10.2. The van der Waals surface area contributed by atoms with E-state index in [1.54, 1.807) is 6.20 Å². The van der Waals surface area contributed by atoms with Gasteiger partial charge in [0.15, 0.2) is 0 Å². The van der Waals surface area contributed by atoms with Gasteiger partial charge in [-0.2, -0.15) is 0 Å². The Morgan fingerprint density at radius 2 is 2.11 bits per heavy atom. The zero-order valence-corrected chi connectivity index (χ0v) is 11.0. The van der Waals surface area contributed by atoms with Gasteiger partial charge in [0, 0.05) is 31.2 Å². The first-order valence-electron chi connectivity index (χ1n) is 6.29. The number of carbonyl (C=O) groups excluding carboxylic acids is 1. The van der Waals surface area contributed by atoms with E-state index in [0.29, 0.717) is 6.54 Å². The molecule has 2 aromatic rings. The zero-order chi connectivity index (χ0) is 13.5. The van der Waals surface area contributed by atoms with Gasteiger partial charge in [0.05, 0.1) is 6.54 Å². The lowest BCUT2D eigenvalue weighted by molar-refractivity contribution is -0.119. The Kier molecular flexibility index (Phi) is 4.55. The molecule has 2 rings (SSSR count). The van der Waals surface area contributed by atoms with Gasteiger partial charge < -0.3 is 15.2 Å². The molecule has 100 valence electrons. The molecule has 19 heavy (non-hydrogen) atoms. The van der Waals surface area contributed by atoms with Crippen LogP contribution in [0.2, 0.25) is 0 Å². The molecular weight excluding hydrogens is 240 g/mol. The van der Waals surface area contributed by atoms with Crippen LogP contribution in [-0.4, -0.2) is 28.5 Å². The zero-order valence-electron chi connectivity index (χ0n) is 11.0. The third-order valence-corrected chi connectivity index (χ3v) is 2.83. The number of rotatable bonds is 6. The number of aromatic nitrogens is 2. The van der Waals surface area contributed by atoms with E-state index in [0.717, 1.165) is 18.1 Å². The number of para-hydroxylation sites is 1. The fraction of sp³-hybridized carbons (Fsp3) is 0.286. The first-order chi connectivity index (χ1) is 9.25. The molecule has 0 saturated carbocycles. The van der Waals surface area contributed by atoms with Gasteiger partial charge in [0.25, 0.3) is 0 Å². The van der Waals surface area contributed by atoms with Gasteiger partial charge in [0.1, 0.15) is 5.82 Å². The van der Waals surface area contributed by atoms with Crippen LogP contribution in [0.5, 0.6) is 0 Å². The maximum atomic E-state index is 11.6. The first kappa shape index (κ1) is 13.1. The van der Waals surface area contributed by atoms with E-state index in [-0.39, 0.29) is 12.5 Å². The van der Waals surface area contributed by atoms with Crippen LogP contribution in [0.3, 0.4) is 0 Å². The number of amides is 1. The molecule has 1 aromatic carbocycles. The van der Waals surface area contributed by atoms with E-state index >= 15 is 0 Å². The van der Waals surface area contributed by atoms with Crippen LogP contribution in [0.25, 0.3) is 0 Å². The van der Waals surface area contributed by atoms with Crippen LogP contribution in [0.4, 0.5) is 5.69 Å². The summed E-state index contributed by atoms with van der Waals surface area (Å²) in [6, 6.07) is 9.67. The molecule has 1 heterocycles. The lowest BCUT2D eigenvalue weighted by atomic mass is 10.3. The van der Waals surface area contributed by atoms with Gasteiger partial charge in [-0.1, -0.05) is 18.2 Å². The van der Waals surface area contributed by atoms with E-state index in [2.05, 4.69) is 15.6 Å². The fourth-order valence-corrected chi connectivity index (χ4v) is 1.76. The standard InChI is InChI=1S/C14H18N4O/c1-12-15-7-9-18(12)10-8-16-14(19)11-17-13-5-3-2-4-6-13/h2-7,9,17H,8,10-11H2,1H3,(H,16,19). The number of aryl methyl sites for hydroxylation is 1. The maximum absolute atomic E-state index is 11.6. The van der Waals surface area contributed by atoms with Crippen molar-refractivity contribution in [2.75, 3.05) is 18.4 Å². The van der Waals surface area contributed by atoms with Gasteiger partial charge in [-0.3, -0.25) is 4.79 Å². The van der Waals surface area contributed by atoms with Gasteiger partial charge in [-0.15, -0.1) is 0 Å². The molecule has 5 nitrogen and oxygen atoms in total. The summed E-state index contributed by atoms with van der Waals surface area (Å²) in [5, 5.41) is 5.94. The first-order valence-corrected chi connectivity index (χ1v) is 6.29. The monoisotopic (exact) mass is 258 g/mol. The Hall–Kier alpha value is -2.30. The summed E-state index contributed by atoms with van der Waals surface area (Å²) in [5.74, 6) is 0.943. The highest BCUT2D eigenvalue weighted by Crippen LogP contribution is 2.03. The molecule has 0 aliphatic carbocycles. The highest BCUT2D eigenvalue weighted by atomic mass is 16.1. The summed E-state index contributed by atoms with van der Waals surface area (Å²) in [7, 11) is 0. The molecule has 0 saturated heterocycles. The number of benzene rings is 1. The Morgan fingerprint density at radius 3 is 2.79 bits per heavy atom. The average molecular weight is 258 g/mol. The van der Waals surface area contributed by atoms with E-state index in [9.17, 15) is 4.79 Å². The van der Waals surface area contributed by atoms with E-state index < -0.39 is 0 Å². The summed E-state index contributed by atoms with van der Waals surface area (Å²) in [6.07, 6.45) is 3.66. The van der Waals surface area contributed by atoms with Crippen molar-refractivity contribution in [3.63, 3.8) is 0 Å². The van der Waals surface area contributed by atoms with Crippen LogP contribution in [0.1, 0.15) is 5.82 Å². The third-order valence-electron chi connectivity index (χ3n) is 2.83. The molecule has 0 atom stereocenters. The number of hydrogen-bond donors (Lipinski definition) is 2. The Labute approximate surface area is 112 Å². The van der Waals surface area contributed by atoms with Crippen molar-refractivity contribution in [1.29, 1.82) is 0 Å². The molecule has 1 aromatic heterocycles. The Bertz CT molecular complexity index is 521. The second-order valence-corrected chi connectivity index (χ2v) is 4.24. The Balaban J connectivity index is 1.66. The van der Waals surface area contributed by atoms with Gasteiger partial charge in [-0.05, 0) is 19.1 Å². The van der Waals surface area contributed by atoms with Gasteiger partial charge >= 0.3 is 0 Å². The van der Waals surface area contributed by atoms with Crippen LogP contribution in [0, 0.1) is 6.92 Å². The number of hydrogen-bond acceptors (Lipinski definition) is 3. The highest BCUT2D eigenvalue weighted by Gasteiger charge is 2.01. The van der Waals surface area contributed by atoms with Gasteiger partial charge in [0.2, 0.25) is 5.91 Å². The Morgan fingerprint density at radius 1 is 1.32 bits per heavy atom. The number of carbonyl (C=O) groups is 1. The molecule has 2 N–H and O–H groups in total. The van der Waals surface area contributed by atoms with E-state index in [1.807, 2.05) is 48.0 Å². The van der Waals surface area contributed by atoms with Crippen molar-refractivity contribution in [2.24, 2.45) is 0 Å². The van der Waals surface area contributed by atoms with Crippen molar-refractivity contribution in [1.82, 2.24) is 14.9 Å². The predicted octanol–water partition coefficient (Wildman–Crippen LogP) is 1.42. The maximum Gasteiger partial charge on any atom is 0.239 e. The third kappa shape index (κ3) is 4.13. The molecule has 0 bridgehead atoms. The molecule has 0 unspecified atom stereocenters. The molecule has 0 fully saturated rings. The topological polar surface area (TPSA) is 59.0 Å². The predicted molar refractivity (Wildman–Crippen MR) is 74.9 cm³/mol. The second-order valence-electron chi connectivity index (χ2n) is 4.24. The molecule has 0 radical (unpaired) electrons. The summed E-state index contributed by atoms with van der Waals surface area (Å²) >= 11 is 0. The molecular formula is C14H18N4O. The lowest BCUT2D eigenvalue weighted by Crippen LogP contribution is -2.32. The minimum absolute atomic E-state index is 0.0124. The number of anilines is 1. The summed E-state index contributed by atoms with van der Waals surface area (Å²) < 4.78 is 2.00. The molecule has 0 spiro atoms. The van der Waals surface area contributed by atoms with Crippen molar-refractivity contribution in [3.05, 3.63) is 48.5 Å². The fourth-order valence-electron chi connectivity index (χ4n) is 1.76. The van der Waals surface area contributed by atoms with Gasteiger partial charge in [-0.25, -0.2) is 4.98 Å². The summed E-state index contributed by atoms with van der Waals surface area (Å²) in [5.41, 5.74) is 0.947. The van der Waals surface area contributed by atoms with E-state index in [4.69, 9.17) is 0 Å². The molecule has 1 amide bonds. The van der Waals surface area contributed by atoms with E-state index in [1.165, 1.54) is 0 Å². The summed E-state index contributed by atoms with van der Waals surface area (Å²) in [4.78, 5) is 15.8. The highest BCUT2D eigenvalue weighted by molar-refractivity contribution is 5.80. The smallest absolute Gasteiger partial charge is 0.239 e. The van der Waals surface area contributed by atoms with Crippen molar-refractivity contribution < 1.29 is 4.79 Å². The van der Waals surface area contributed by atoms with Crippen molar-refractivity contribution >= 4 is 11.6 Å². The van der Waals surface area contributed by atoms with Crippen molar-refractivity contribution in [2.45, 2.75) is 13.5 Å². The van der Waals surface area contributed by atoms with Crippen LogP contribution in [-0.2, 0) is 11.3 Å². The minimum Gasteiger partial charge on any atom is -0.376 e. The lowest BCUT2D eigenvalue weighted by Gasteiger charge is -2.08. The van der Waals surface area contributed by atoms with Crippen LogP contribution in [0.15, 0.2) is 42.7 Å². The quantitative estimate of drug-likeness (QED) is 0.824. The largest absolute Gasteiger partial charge is 0.376 e. The number of nitrogens with one attached hydrogen (secondary N) is 2. The minimum atomic E-state index is -0.0124. The van der Waals surface area contributed by atoms with Crippen LogP contribution < -0.4 is 10.6 Å². The van der Waals surface area contributed by atoms with Crippen LogP contribution >= 0.6 is 0 Å². The molecule has 0 aliphatic rings. The van der Waals surface area contributed by atoms with Crippen molar-refractivity contribution in [3.8, 4) is 0 Å².